The summed E-state index contributed by atoms with van der Waals surface area (Å²) in [5.41, 5.74) is -1.94. The number of carbonyl (C=O) groups excluding carboxylic acids is 2. The standard InChI is InChI=1S/C24H36N6O6/c31-19(9-15-29-17-11-21(33)27-23(29)35)25-13-7-5-3-1-2-4-6-8-14-26-20(32)10-16-30-18-12-22(34)28-24(30)36/h11-12,17-18H,1-10,13-16H2,(H,25,31)(H,26,32)(H,27,33,35)(H,28,34,36). The summed E-state index contributed by atoms with van der Waals surface area (Å²) >= 11 is 0. The lowest BCUT2D eigenvalue weighted by atomic mass is 10.1. The minimum atomic E-state index is -0.515. The van der Waals surface area contributed by atoms with Crippen molar-refractivity contribution < 1.29 is 9.59 Å². The SMILES string of the molecule is O=C(CCn1ccc(=O)[nH]c1=O)NCCCCCCCCCCNC(=O)CCn1ccc(=O)[nH]c1=O. The molecule has 2 aromatic heterocycles. The molecule has 2 rings (SSSR count). The second-order valence-corrected chi connectivity index (χ2v) is 8.64. The predicted molar refractivity (Wildman–Crippen MR) is 135 cm³/mol. The first kappa shape index (κ1) is 28.5. The molecule has 0 saturated heterocycles. The second kappa shape index (κ2) is 16.1. The van der Waals surface area contributed by atoms with Crippen molar-refractivity contribution in [1.82, 2.24) is 29.7 Å². The van der Waals surface area contributed by atoms with Crippen LogP contribution in [0.15, 0.2) is 43.7 Å². The molecule has 0 saturated carbocycles. The van der Waals surface area contributed by atoms with Gasteiger partial charge in [-0.1, -0.05) is 38.5 Å². The number of hydrogen-bond acceptors (Lipinski definition) is 6. The number of aromatic amines is 2. The van der Waals surface area contributed by atoms with Gasteiger partial charge in [-0.25, -0.2) is 9.59 Å². The van der Waals surface area contributed by atoms with Crippen molar-refractivity contribution in [2.45, 2.75) is 77.3 Å². The summed E-state index contributed by atoms with van der Waals surface area (Å²) in [5, 5.41) is 5.70. The highest BCUT2D eigenvalue weighted by atomic mass is 16.2. The minimum absolute atomic E-state index is 0.120. The van der Waals surface area contributed by atoms with E-state index >= 15 is 0 Å². The van der Waals surface area contributed by atoms with Crippen LogP contribution in [0, 0.1) is 0 Å². The van der Waals surface area contributed by atoms with Gasteiger partial charge in [0.15, 0.2) is 0 Å². The van der Waals surface area contributed by atoms with Crippen molar-refractivity contribution in [1.29, 1.82) is 0 Å². The molecule has 2 amide bonds. The molecule has 0 aliphatic carbocycles. The van der Waals surface area contributed by atoms with Crippen LogP contribution in [0.1, 0.15) is 64.2 Å². The first-order valence-corrected chi connectivity index (χ1v) is 12.5. The monoisotopic (exact) mass is 504 g/mol. The summed E-state index contributed by atoms with van der Waals surface area (Å²) < 4.78 is 2.60. The number of nitrogens with zero attached hydrogens (tertiary/aromatic N) is 2. The van der Waals surface area contributed by atoms with Crippen LogP contribution in [0.5, 0.6) is 0 Å². The van der Waals surface area contributed by atoms with Gasteiger partial charge in [0.2, 0.25) is 11.8 Å². The number of aromatic nitrogens is 4. The fourth-order valence-corrected chi connectivity index (χ4v) is 3.63. The lowest BCUT2D eigenvalue weighted by Gasteiger charge is -2.07. The third-order valence-corrected chi connectivity index (χ3v) is 5.70. The Morgan fingerprint density at radius 2 is 0.972 bits per heavy atom. The van der Waals surface area contributed by atoms with Gasteiger partial charge in [-0.2, -0.15) is 0 Å². The highest BCUT2D eigenvalue weighted by Crippen LogP contribution is 2.08. The molecule has 0 fully saturated rings. The molecule has 0 unspecified atom stereocenters. The van der Waals surface area contributed by atoms with Gasteiger partial charge in [-0.3, -0.25) is 29.1 Å². The van der Waals surface area contributed by atoms with Crippen LogP contribution in [0.25, 0.3) is 0 Å². The maximum atomic E-state index is 11.9. The summed E-state index contributed by atoms with van der Waals surface area (Å²) in [6.45, 7) is 1.66. The van der Waals surface area contributed by atoms with Crippen LogP contribution < -0.4 is 33.1 Å². The van der Waals surface area contributed by atoms with Gasteiger partial charge in [0.1, 0.15) is 0 Å². The number of aryl methyl sites for hydroxylation is 2. The number of nitrogens with one attached hydrogen (secondary N) is 4. The average molecular weight is 505 g/mol. The first-order valence-electron chi connectivity index (χ1n) is 12.5. The maximum absolute atomic E-state index is 11.9. The van der Waals surface area contributed by atoms with Crippen LogP contribution >= 0.6 is 0 Å². The molecule has 2 heterocycles. The number of unbranched alkanes of at least 4 members (excludes halogenated alkanes) is 7. The molecule has 0 spiro atoms. The quantitative estimate of drug-likeness (QED) is 0.225. The highest BCUT2D eigenvalue weighted by molar-refractivity contribution is 5.76. The van der Waals surface area contributed by atoms with Crippen molar-refractivity contribution in [3.05, 3.63) is 66.2 Å². The summed E-state index contributed by atoms with van der Waals surface area (Å²) in [6.07, 6.45) is 11.5. The lowest BCUT2D eigenvalue weighted by Crippen LogP contribution is -2.31. The molecule has 0 bridgehead atoms. The molecule has 198 valence electrons. The second-order valence-electron chi connectivity index (χ2n) is 8.64. The van der Waals surface area contributed by atoms with Gasteiger partial charge in [-0.15, -0.1) is 0 Å². The zero-order valence-electron chi connectivity index (χ0n) is 20.6. The Bertz CT molecular complexity index is 1100. The van der Waals surface area contributed by atoms with E-state index in [4.69, 9.17) is 0 Å². The third kappa shape index (κ3) is 11.6. The maximum Gasteiger partial charge on any atom is 0.328 e. The van der Waals surface area contributed by atoms with Crippen molar-refractivity contribution in [3.63, 3.8) is 0 Å². The molecule has 0 aliphatic rings. The molecular formula is C24H36N6O6. The Morgan fingerprint density at radius 3 is 1.33 bits per heavy atom. The van der Waals surface area contributed by atoms with E-state index in [1.807, 2.05) is 0 Å². The lowest BCUT2D eigenvalue weighted by molar-refractivity contribution is -0.122. The summed E-state index contributed by atoms with van der Waals surface area (Å²) in [4.78, 5) is 73.2. The largest absolute Gasteiger partial charge is 0.356 e. The van der Waals surface area contributed by atoms with Gasteiger partial charge in [-0.05, 0) is 12.8 Å². The van der Waals surface area contributed by atoms with Crippen molar-refractivity contribution in [2.75, 3.05) is 13.1 Å². The van der Waals surface area contributed by atoms with E-state index < -0.39 is 22.5 Å². The molecule has 0 atom stereocenters. The van der Waals surface area contributed by atoms with Crippen LogP contribution in [0.2, 0.25) is 0 Å². The molecule has 4 N–H and O–H groups in total. The number of rotatable bonds is 17. The predicted octanol–water partition coefficient (Wildman–Crippen LogP) is 0.220. The Hall–Kier alpha value is -3.70. The molecule has 12 nitrogen and oxygen atoms in total. The minimum Gasteiger partial charge on any atom is -0.356 e. The topological polar surface area (TPSA) is 168 Å². The van der Waals surface area contributed by atoms with Crippen molar-refractivity contribution >= 4 is 11.8 Å². The molecule has 12 heteroatoms. The van der Waals surface area contributed by atoms with Gasteiger partial charge in [0.05, 0.1) is 0 Å². The summed E-state index contributed by atoms with van der Waals surface area (Å²) in [7, 11) is 0. The Labute approximate surface area is 208 Å². The molecule has 0 aliphatic heterocycles. The number of H-pyrrole nitrogens is 2. The summed E-state index contributed by atoms with van der Waals surface area (Å²) in [6, 6.07) is 2.51. The number of carbonyl (C=O) groups is 2. The van der Waals surface area contributed by atoms with E-state index in [0.717, 1.165) is 51.4 Å². The fourth-order valence-electron chi connectivity index (χ4n) is 3.63. The zero-order valence-corrected chi connectivity index (χ0v) is 20.6. The first-order chi connectivity index (χ1) is 17.3. The molecule has 2 aromatic rings. The van der Waals surface area contributed by atoms with E-state index in [-0.39, 0.29) is 37.7 Å². The van der Waals surface area contributed by atoms with Gasteiger partial charge in [0, 0.05) is 63.5 Å². The van der Waals surface area contributed by atoms with Gasteiger partial charge >= 0.3 is 11.4 Å². The van der Waals surface area contributed by atoms with E-state index in [1.165, 1.54) is 33.7 Å². The van der Waals surface area contributed by atoms with Gasteiger partial charge in [0.25, 0.3) is 11.1 Å². The Morgan fingerprint density at radius 1 is 0.611 bits per heavy atom. The smallest absolute Gasteiger partial charge is 0.328 e. The number of amides is 2. The van der Waals surface area contributed by atoms with E-state index in [2.05, 4.69) is 20.6 Å². The van der Waals surface area contributed by atoms with E-state index in [9.17, 15) is 28.8 Å². The molecular weight excluding hydrogens is 468 g/mol. The molecule has 36 heavy (non-hydrogen) atoms. The van der Waals surface area contributed by atoms with E-state index in [1.54, 1.807) is 0 Å². The van der Waals surface area contributed by atoms with E-state index in [0.29, 0.717) is 13.1 Å². The Balaban J connectivity index is 1.38. The zero-order chi connectivity index (χ0) is 26.2. The third-order valence-electron chi connectivity index (χ3n) is 5.70. The Kier molecular flexibility index (Phi) is 12.7. The van der Waals surface area contributed by atoms with Crippen LogP contribution in [0.3, 0.4) is 0 Å². The average Bonchev–Trinajstić information content (AvgIpc) is 2.83. The van der Waals surface area contributed by atoms with Crippen molar-refractivity contribution in [2.24, 2.45) is 0 Å². The molecule has 0 aromatic carbocycles. The summed E-state index contributed by atoms with van der Waals surface area (Å²) in [5.74, 6) is -0.240. The van der Waals surface area contributed by atoms with Crippen LogP contribution in [-0.4, -0.2) is 44.0 Å². The van der Waals surface area contributed by atoms with Crippen molar-refractivity contribution in [3.8, 4) is 0 Å². The van der Waals surface area contributed by atoms with Gasteiger partial charge < -0.3 is 19.8 Å². The fraction of sp³-hybridized carbons (Fsp3) is 0.583. The molecule has 0 radical (unpaired) electrons. The van der Waals surface area contributed by atoms with Crippen LogP contribution in [-0.2, 0) is 22.7 Å². The van der Waals surface area contributed by atoms with Crippen LogP contribution in [0.4, 0.5) is 0 Å². The highest BCUT2D eigenvalue weighted by Gasteiger charge is 2.04. The normalized spacial score (nSPS) is 10.8. The number of hydrogen-bond donors (Lipinski definition) is 4.